The van der Waals surface area contributed by atoms with Crippen LogP contribution in [-0.2, 0) is 0 Å². The lowest BCUT2D eigenvalue weighted by atomic mass is 10.0. The maximum absolute atomic E-state index is 2.21. The topological polar surface area (TPSA) is 3.24 Å². The van der Waals surface area contributed by atoms with Gasteiger partial charge in [-0.1, -0.05) is 42.0 Å². The van der Waals surface area contributed by atoms with Crippen LogP contribution in [0.1, 0.15) is 17.2 Å². The molecule has 0 radical (unpaired) electrons. The van der Waals surface area contributed by atoms with E-state index in [-0.39, 0.29) is 0 Å². The van der Waals surface area contributed by atoms with E-state index < -0.39 is 0 Å². The summed E-state index contributed by atoms with van der Waals surface area (Å²) in [6, 6.07) is 9.10. The highest BCUT2D eigenvalue weighted by Crippen LogP contribution is 2.23. The highest BCUT2D eigenvalue weighted by molar-refractivity contribution is 5.29. The van der Waals surface area contributed by atoms with Crippen molar-refractivity contribution in [2.75, 3.05) is 7.05 Å². The van der Waals surface area contributed by atoms with Gasteiger partial charge < -0.3 is 4.90 Å². The fraction of sp³-hybridized carbons (Fsp3) is 0.231. The molecule has 0 bridgehead atoms. The van der Waals surface area contributed by atoms with Crippen molar-refractivity contribution in [2.24, 2.45) is 0 Å². The van der Waals surface area contributed by atoms with Gasteiger partial charge in [0.2, 0.25) is 0 Å². The molecule has 0 aromatic heterocycles. The lowest BCUT2D eigenvalue weighted by Crippen LogP contribution is -2.18. The van der Waals surface area contributed by atoms with Gasteiger partial charge in [0.25, 0.3) is 0 Å². The second kappa shape index (κ2) is 3.70. The van der Waals surface area contributed by atoms with Gasteiger partial charge in [0, 0.05) is 7.05 Å². The second-order valence-corrected chi connectivity index (χ2v) is 3.75. The van der Waals surface area contributed by atoms with Gasteiger partial charge in [0.05, 0.1) is 6.04 Å². The van der Waals surface area contributed by atoms with E-state index in [1.165, 1.54) is 11.1 Å². The predicted octanol–water partition coefficient (Wildman–Crippen LogP) is 3.05. The number of likely N-dealkylation sites (N-methyl/N-ethyl adjacent to an activating group) is 1. The van der Waals surface area contributed by atoms with Gasteiger partial charge in [-0.15, -0.1) is 0 Å². The van der Waals surface area contributed by atoms with Gasteiger partial charge in [0.1, 0.15) is 0 Å². The minimum Gasteiger partial charge on any atom is -0.370 e. The normalized spacial score (nSPS) is 20.1. The molecule has 14 heavy (non-hydrogen) atoms. The summed E-state index contributed by atoms with van der Waals surface area (Å²) < 4.78 is 0. The molecule has 1 heterocycles. The van der Waals surface area contributed by atoms with E-state index in [2.05, 4.69) is 67.6 Å². The molecule has 1 atom stereocenters. The largest absolute Gasteiger partial charge is 0.370 e. The standard InChI is InChI=1S/C13H15N/c1-11-6-8-12(9-7-11)13-5-3-4-10-14(13)2/h3-10,13H,1-2H3. The van der Waals surface area contributed by atoms with E-state index in [9.17, 15) is 0 Å². The third-order valence-electron chi connectivity index (χ3n) is 2.58. The van der Waals surface area contributed by atoms with Crippen molar-refractivity contribution in [3.8, 4) is 0 Å². The smallest absolute Gasteiger partial charge is 0.0720 e. The molecular formula is C13H15N. The third-order valence-corrected chi connectivity index (χ3v) is 2.58. The number of hydrogen-bond acceptors (Lipinski definition) is 1. The lowest BCUT2D eigenvalue weighted by molar-refractivity contribution is 0.390. The minimum atomic E-state index is 0.389. The van der Waals surface area contributed by atoms with Crippen molar-refractivity contribution in [3.63, 3.8) is 0 Å². The zero-order chi connectivity index (χ0) is 9.97. The Bertz CT molecular complexity index is 359. The fourth-order valence-corrected chi connectivity index (χ4v) is 1.69. The number of nitrogens with zero attached hydrogens (tertiary/aromatic N) is 1. The van der Waals surface area contributed by atoms with Crippen LogP contribution in [0, 0.1) is 6.92 Å². The van der Waals surface area contributed by atoms with E-state index in [4.69, 9.17) is 0 Å². The van der Waals surface area contributed by atoms with Crippen LogP contribution in [0.5, 0.6) is 0 Å². The summed E-state index contributed by atoms with van der Waals surface area (Å²) in [5.41, 5.74) is 2.66. The summed E-state index contributed by atoms with van der Waals surface area (Å²) in [5, 5.41) is 0. The van der Waals surface area contributed by atoms with Crippen molar-refractivity contribution in [1.82, 2.24) is 4.90 Å². The van der Waals surface area contributed by atoms with Crippen molar-refractivity contribution >= 4 is 0 Å². The first-order valence-electron chi connectivity index (χ1n) is 4.91. The maximum Gasteiger partial charge on any atom is 0.0720 e. The van der Waals surface area contributed by atoms with Crippen LogP contribution in [0.4, 0.5) is 0 Å². The monoisotopic (exact) mass is 185 g/mol. The van der Waals surface area contributed by atoms with Gasteiger partial charge in [-0.2, -0.15) is 0 Å². The average Bonchev–Trinajstić information content (AvgIpc) is 2.20. The molecule has 1 unspecified atom stereocenters. The molecule has 0 saturated heterocycles. The predicted molar refractivity (Wildman–Crippen MR) is 60.0 cm³/mol. The Balaban J connectivity index is 2.27. The van der Waals surface area contributed by atoms with Gasteiger partial charge in [-0.05, 0) is 24.8 Å². The first-order chi connectivity index (χ1) is 6.77. The quantitative estimate of drug-likeness (QED) is 0.650. The Labute approximate surface area is 85.4 Å². The van der Waals surface area contributed by atoms with Crippen molar-refractivity contribution < 1.29 is 0 Å². The van der Waals surface area contributed by atoms with Crippen molar-refractivity contribution in [3.05, 3.63) is 59.8 Å². The number of benzene rings is 1. The summed E-state index contributed by atoms with van der Waals surface area (Å²) in [6.45, 7) is 2.12. The van der Waals surface area contributed by atoms with Crippen LogP contribution in [-0.4, -0.2) is 11.9 Å². The third kappa shape index (κ3) is 1.72. The molecule has 2 rings (SSSR count). The molecule has 0 aliphatic carbocycles. The summed E-state index contributed by atoms with van der Waals surface area (Å²) >= 11 is 0. The van der Waals surface area contributed by atoms with Crippen molar-refractivity contribution in [2.45, 2.75) is 13.0 Å². The van der Waals surface area contributed by atoms with Crippen LogP contribution in [0.2, 0.25) is 0 Å². The zero-order valence-corrected chi connectivity index (χ0v) is 8.64. The van der Waals surface area contributed by atoms with Crippen LogP contribution in [0.25, 0.3) is 0 Å². The Kier molecular flexibility index (Phi) is 2.40. The molecule has 1 aliphatic rings. The van der Waals surface area contributed by atoms with Gasteiger partial charge in [0.15, 0.2) is 0 Å². The molecule has 1 aromatic rings. The van der Waals surface area contributed by atoms with E-state index in [1.807, 2.05) is 0 Å². The highest BCUT2D eigenvalue weighted by Gasteiger charge is 2.11. The summed E-state index contributed by atoms with van der Waals surface area (Å²) in [5.74, 6) is 0. The van der Waals surface area contributed by atoms with Crippen LogP contribution in [0.3, 0.4) is 0 Å². The van der Waals surface area contributed by atoms with E-state index in [0.717, 1.165) is 0 Å². The lowest BCUT2D eigenvalue weighted by Gasteiger charge is -2.26. The summed E-state index contributed by atoms with van der Waals surface area (Å²) in [4.78, 5) is 2.21. The fourth-order valence-electron chi connectivity index (χ4n) is 1.69. The first-order valence-corrected chi connectivity index (χ1v) is 4.91. The van der Waals surface area contributed by atoms with E-state index in [0.29, 0.717) is 6.04 Å². The summed E-state index contributed by atoms with van der Waals surface area (Å²) in [7, 11) is 2.10. The molecular weight excluding hydrogens is 170 g/mol. The maximum atomic E-state index is 2.21. The van der Waals surface area contributed by atoms with Crippen LogP contribution in [0.15, 0.2) is 48.7 Å². The van der Waals surface area contributed by atoms with Gasteiger partial charge >= 0.3 is 0 Å². The number of rotatable bonds is 1. The highest BCUT2D eigenvalue weighted by atomic mass is 15.1. The molecule has 1 nitrogen and oxygen atoms in total. The van der Waals surface area contributed by atoms with Crippen LogP contribution >= 0.6 is 0 Å². The molecule has 72 valence electrons. The molecule has 1 aliphatic heterocycles. The van der Waals surface area contributed by atoms with Crippen LogP contribution < -0.4 is 0 Å². The minimum absolute atomic E-state index is 0.389. The number of allylic oxidation sites excluding steroid dienone is 2. The first kappa shape index (κ1) is 9.07. The molecule has 0 fully saturated rings. The second-order valence-electron chi connectivity index (χ2n) is 3.75. The average molecular weight is 185 g/mol. The molecule has 0 spiro atoms. The SMILES string of the molecule is Cc1ccc(C2C=CC=CN2C)cc1. The van der Waals surface area contributed by atoms with Gasteiger partial charge in [-0.3, -0.25) is 0 Å². The Morgan fingerprint density at radius 1 is 1.07 bits per heavy atom. The molecule has 1 heteroatoms. The molecule has 1 aromatic carbocycles. The molecule has 0 saturated carbocycles. The van der Waals surface area contributed by atoms with E-state index >= 15 is 0 Å². The molecule has 0 N–H and O–H groups in total. The van der Waals surface area contributed by atoms with Crippen molar-refractivity contribution in [1.29, 1.82) is 0 Å². The summed E-state index contributed by atoms with van der Waals surface area (Å²) in [6.07, 6.45) is 8.48. The Hall–Kier alpha value is -1.50. The van der Waals surface area contributed by atoms with Gasteiger partial charge in [-0.25, -0.2) is 0 Å². The number of aryl methyl sites for hydroxylation is 1. The Morgan fingerprint density at radius 3 is 2.43 bits per heavy atom. The number of hydrogen-bond donors (Lipinski definition) is 0. The molecule has 0 amide bonds. The van der Waals surface area contributed by atoms with E-state index in [1.54, 1.807) is 0 Å². The Morgan fingerprint density at radius 2 is 1.79 bits per heavy atom. The zero-order valence-electron chi connectivity index (χ0n) is 8.64.